The lowest BCUT2D eigenvalue weighted by Gasteiger charge is -2.14. The highest BCUT2D eigenvalue weighted by Crippen LogP contribution is 2.22. The van der Waals surface area contributed by atoms with Crippen LogP contribution >= 0.6 is 0 Å². The Balaban J connectivity index is 2.37. The second-order valence-electron chi connectivity index (χ2n) is 5.40. The normalized spacial score (nSPS) is 11.5. The molecule has 9 heteroatoms. The van der Waals surface area contributed by atoms with Gasteiger partial charge in [-0.1, -0.05) is 6.07 Å². The molecule has 128 valence electrons. The largest absolute Gasteiger partial charge is 0.320 e. The Bertz CT molecular complexity index is 948. The zero-order valence-electron chi connectivity index (χ0n) is 13.8. The van der Waals surface area contributed by atoms with Gasteiger partial charge in [-0.2, -0.15) is 5.10 Å². The Morgan fingerprint density at radius 2 is 1.88 bits per heavy atom. The van der Waals surface area contributed by atoms with E-state index in [-0.39, 0.29) is 16.1 Å². The first-order valence-electron chi connectivity index (χ1n) is 7.02. The molecule has 0 fully saturated rings. The summed E-state index contributed by atoms with van der Waals surface area (Å²) in [5.74, 6) is -0.534. The van der Waals surface area contributed by atoms with Gasteiger partial charge in [-0.05, 0) is 30.7 Å². The van der Waals surface area contributed by atoms with Crippen molar-refractivity contribution in [3.05, 3.63) is 51.9 Å². The van der Waals surface area contributed by atoms with Crippen molar-refractivity contribution in [3.8, 4) is 0 Å². The maximum atomic E-state index is 12.3. The van der Waals surface area contributed by atoms with E-state index in [9.17, 15) is 18.0 Å². The number of aryl methyl sites for hydroxylation is 2. The summed E-state index contributed by atoms with van der Waals surface area (Å²) in [6.45, 7) is 1.75. The van der Waals surface area contributed by atoms with Crippen molar-refractivity contribution >= 4 is 21.6 Å². The van der Waals surface area contributed by atoms with Crippen molar-refractivity contribution in [3.63, 3.8) is 0 Å². The Morgan fingerprint density at radius 1 is 1.21 bits per heavy atom. The molecule has 0 saturated carbocycles. The molecule has 0 atom stereocenters. The van der Waals surface area contributed by atoms with E-state index in [0.29, 0.717) is 11.3 Å². The zero-order chi connectivity index (χ0) is 18.1. The number of carbonyl (C=O) groups excluding carboxylic acids is 1. The summed E-state index contributed by atoms with van der Waals surface area (Å²) >= 11 is 0. The molecule has 1 N–H and O–H groups in total. The smallest absolute Gasteiger partial charge is 0.276 e. The number of aromatic nitrogens is 2. The van der Waals surface area contributed by atoms with Gasteiger partial charge in [0.1, 0.15) is 5.69 Å². The van der Waals surface area contributed by atoms with E-state index in [1.54, 1.807) is 13.0 Å². The maximum absolute atomic E-state index is 12.3. The zero-order valence-corrected chi connectivity index (χ0v) is 14.6. The van der Waals surface area contributed by atoms with Gasteiger partial charge in [0, 0.05) is 32.9 Å². The van der Waals surface area contributed by atoms with Crippen LogP contribution in [0.3, 0.4) is 0 Å². The number of amides is 1. The molecule has 0 aliphatic heterocycles. The molecule has 2 rings (SSSR count). The lowest BCUT2D eigenvalue weighted by atomic mass is 10.2. The summed E-state index contributed by atoms with van der Waals surface area (Å²) in [6, 6.07) is 7.03. The number of carbonyl (C=O) groups is 1. The first-order valence-corrected chi connectivity index (χ1v) is 8.46. The Kier molecular flexibility index (Phi) is 4.86. The number of benzene rings is 1. The molecule has 0 aliphatic carbocycles. The Hall–Kier alpha value is -2.52. The molecule has 0 aliphatic rings. The minimum Gasteiger partial charge on any atom is -0.320 e. The van der Waals surface area contributed by atoms with E-state index in [1.807, 2.05) is 0 Å². The number of nitrogens with zero attached hydrogens (tertiary/aromatic N) is 3. The van der Waals surface area contributed by atoms with Gasteiger partial charge in [0.2, 0.25) is 10.0 Å². The van der Waals surface area contributed by atoms with Crippen LogP contribution in [0.4, 0.5) is 5.69 Å². The molecule has 0 bridgehead atoms. The van der Waals surface area contributed by atoms with E-state index in [0.717, 1.165) is 8.99 Å². The van der Waals surface area contributed by atoms with Crippen molar-refractivity contribution in [2.75, 3.05) is 19.4 Å². The maximum Gasteiger partial charge on any atom is 0.276 e. The Morgan fingerprint density at radius 3 is 2.46 bits per heavy atom. The summed E-state index contributed by atoms with van der Waals surface area (Å²) in [6.07, 6.45) is 0. The molecule has 1 amide bonds. The third-order valence-corrected chi connectivity index (χ3v) is 5.24. The van der Waals surface area contributed by atoms with Crippen LogP contribution in [0, 0.1) is 6.92 Å². The summed E-state index contributed by atoms with van der Waals surface area (Å²) in [7, 11) is 0.696. The molecule has 0 unspecified atom stereocenters. The van der Waals surface area contributed by atoms with Crippen molar-refractivity contribution < 1.29 is 13.2 Å². The number of rotatable bonds is 4. The van der Waals surface area contributed by atoms with Crippen LogP contribution in [-0.4, -0.2) is 42.5 Å². The number of sulfonamides is 1. The fourth-order valence-electron chi connectivity index (χ4n) is 1.92. The second-order valence-corrected chi connectivity index (χ2v) is 7.55. The minimum absolute atomic E-state index is 0.0531. The van der Waals surface area contributed by atoms with Crippen molar-refractivity contribution in [1.29, 1.82) is 0 Å². The summed E-state index contributed by atoms with van der Waals surface area (Å²) in [5.41, 5.74) is 0.781. The van der Waals surface area contributed by atoms with Crippen LogP contribution in [0.2, 0.25) is 0 Å². The standard InChI is InChI=1S/C15H18N4O4S/c1-10-5-6-11(24(22,23)18(2)3)9-13(10)16-15(21)12-7-8-14(20)19(4)17-12/h5-9H,1-4H3,(H,16,21). The van der Waals surface area contributed by atoms with E-state index in [2.05, 4.69) is 10.4 Å². The lowest BCUT2D eigenvalue weighted by Crippen LogP contribution is -2.24. The molecule has 0 spiro atoms. The molecule has 24 heavy (non-hydrogen) atoms. The van der Waals surface area contributed by atoms with Crippen molar-refractivity contribution in [2.24, 2.45) is 7.05 Å². The summed E-state index contributed by atoms with van der Waals surface area (Å²) in [4.78, 5) is 23.7. The van der Waals surface area contributed by atoms with Crippen LogP contribution in [-0.2, 0) is 17.1 Å². The average molecular weight is 350 g/mol. The summed E-state index contributed by atoms with van der Waals surface area (Å²) in [5, 5.41) is 6.49. The molecule has 8 nitrogen and oxygen atoms in total. The van der Waals surface area contributed by atoms with Crippen LogP contribution in [0.25, 0.3) is 0 Å². The highest BCUT2D eigenvalue weighted by Gasteiger charge is 2.19. The van der Waals surface area contributed by atoms with Gasteiger partial charge < -0.3 is 5.32 Å². The predicted molar refractivity (Wildman–Crippen MR) is 89.5 cm³/mol. The third kappa shape index (κ3) is 3.52. The molecule has 1 aromatic carbocycles. The van der Waals surface area contributed by atoms with E-state index < -0.39 is 15.9 Å². The molecule has 1 heterocycles. The molecule has 0 saturated heterocycles. The van der Waals surface area contributed by atoms with Crippen molar-refractivity contribution in [1.82, 2.24) is 14.1 Å². The first-order chi connectivity index (χ1) is 11.1. The minimum atomic E-state index is -3.61. The highest BCUT2D eigenvalue weighted by atomic mass is 32.2. The average Bonchev–Trinajstić information content (AvgIpc) is 2.51. The quantitative estimate of drug-likeness (QED) is 0.870. The molecular weight excluding hydrogens is 332 g/mol. The van der Waals surface area contributed by atoms with Gasteiger partial charge in [0.05, 0.1) is 4.90 Å². The van der Waals surface area contributed by atoms with E-state index in [1.165, 1.54) is 45.4 Å². The first kappa shape index (κ1) is 17.8. The second kappa shape index (κ2) is 6.54. The fourth-order valence-corrected chi connectivity index (χ4v) is 2.85. The van der Waals surface area contributed by atoms with Crippen LogP contribution in [0.15, 0.2) is 40.0 Å². The van der Waals surface area contributed by atoms with Gasteiger partial charge >= 0.3 is 0 Å². The van der Waals surface area contributed by atoms with Gasteiger partial charge in [-0.25, -0.2) is 17.4 Å². The van der Waals surface area contributed by atoms with Crippen LogP contribution in [0.5, 0.6) is 0 Å². The molecule has 0 radical (unpaired) electrons. The number of anilines is 1. The fraction of sp³-hybridized carbons (Fsp3) is 0.267. The van der Waals surface area contributed by atoms with Gasteiger partial charge in [0.15, 0.2) is 0 Å². The Labute approximate surface area is 139 Å². The number of hydrogen-bond donors (Lipinski definition) is 1. The van der Waals surface area contributed by atoms with Gasteiger partial charge in [-0.15, -0.1) is 0 Å². The van der Waals surface area contributed by atoms with E-state index in [4.69, 9.17) is 0 Å². The van der Waals surface area contributed by atoms with Crippen LogP contribution < -0.4 is 10.9 Å². The molecule has 2 aromatic rings. The predicted octanol–water partition coefficient (Wildman–Crippen LogP) is 0.591. The number of hydrogen-bond acceptors (Lipinski definition) is 5. The molecule has 1 aromatic heterocycles. The summed E-state index contributed by atoms with van der Waals surface area (Å²) < 4.78 is 26.5. The third-order valence-electron chi connectivity index (χ3n) is 3.43. The monoisotopic (exact) mass is 350 g/mol. The topological polar surface area (TPSA) is 101 Å². The lowest BCUT2D eigenvalue weighted by molar-refractivity contribution is 0.102. The van der Waals surface area contributed by atoms with Gasteiger partial charge in [-0.3, -0.25) is 9.59 Å². The van der Waals surface area contributed by atoms with Crippen LogP contribution in [0.1, 0.15) is 16.1 Å². The van der Waals surface area contributed by atoms with Gasteiger partial charge in [0.25, 0.3) is 11.5 Å². The van der Waals surface area contributed by atoms with E-state index >= 15 is 0 Å². The SMILES string of the molecule is Cc1ccc(S(=O)(=O)N(C)C)cc1NC(=O)c1ccc(=O)n(C)n1. The van der Waals surface area contributed by atoms with Crippen molar-refractivity contribution in [2.45, 2.75) is 11.8 Å². The number of nitrogens with one attached hydrogen (secondary N) is 1. The molecular formula is C15H18N4O4S. The highest BCUT2D eigenvalue weighted by molar-refractivity contribution is 7.89.